The van der Waals surface area contributed by atoms with Crippen LogP contribution in [0.3, 0.4) is 0 Å². The van der Waals surface area contributed by atoms with E-state index in [1.54, 1.807) is 0 Å². The number of ether oxygens (including phenoxy) is 1. The van der Waals surface area contributed by atoms with Crippen molar-refractivity contribution in [2.45, 2.75) is 19.8 Å². The fourth-order valence-electron chi connectivity index (χ4n) is 1.02. The number of carbonyl (C=O) groups excluding carboxylic acids is 1. The van der Waals surface area contributed by atoms with Gasteiger partial charge in [-0.3, -0.25) is 0 Å². The Kier molecular flexibility index (Phi) is 3.14. The van der Waals surface area contributed by atoms with Crippen LogP contribution in [0.5, 0.6) is 0 Å². The Bertz CT molecular complexity index is 195. The normalized spacial score (nSPS) is 16.2. The van der Waals surface area contributed by atoms with Crippen LogP contribution in [-0.4, -0.2) is 31.1 Å². The summed E-state index contributed by atoms with van der Waals surface area (Å²) in [5.41, 5.74) is 0.736. The predicted octanol–water partition coefficient (Wildman–Crippen LogP) is 1.16. The molecule has 0 radical (unpaired) electrons. The first-order valence-electron chi connectivity index (χ1n) is 4.33. The van der Waals surface area contributed by atoms with Crippen molar-refractivity contribution in [1.29, 1.82) is 0 Å². The van der Waals surface area contributed by atoms with E-state index in [1.165, 1.54) is 7.11 Å². The average molecular weight is 169 g/mol. The van der Waals surface area contributed by atoms with Crippen LogP contribution in [0.1, 0.15) is 19.8 Å². The van der Waals surface area contributed by atoms with Gasteiger partial charge in [0.1, 0.15) is 5.70 Å². The Morgan fingerprint density at radius 3 is 2.67 bits per heavy atom. The maximum atomic E-state index is 11.2. The fraction of sp³-hybridized carbons (Fsp3) is 0.667. The summed E-state index contributed by atoms with van der Waals surface area (Å²) in [6.45, 7) is 4.07. The van der Waals surface area contributed by atoms with Crippen LogP contribution in [0.4, 0.5) is 0 Å². The Hall–Kier alpha value is -0.990. The quantitative estimate of drug-likeness (QED) is 0.359. The molecule has 1 fully saturated rings. The fourth-order valence-corrected chi connectivity index (χ4v) is 1.02. The number of carbonyl (C=O) groups is 1. The van der Waals surface area contributed by atoms with Crippen molar-refractivity contribution < 1.29 is 9.53 Å². The molecule has 0 amide bonds. The molecule has 0 N–H and O–H groups in total. The molecule has 3 nitrogen and oxygen atoms in total. The second-order valence-corrected chi connectivity index (χ2v) is 2.86. The Morgan fingerprint density at radius 1 is 1.58 bits per heavy atom. The van der Waals surface area contributed by atoms with Gasteiger partial charge in [-0.05, 0) is 6.42 Å². The summed E-state index contributed by atoms with van der Waals surface area (Å²) in [4.78, 5) is 13.2. The molecule has 1 saturated heterocycles. The van der Waals surface area contributed by atoms with Crippen LogP contribution in [0.15, 0.2) is 11.8 Å². The molecule has 0 spiro atoms. The smallest absolute Gasteiger partial charge is 0.353 e. The van der Waals surface area contributed by atoms with E-state index in [9.17, 15) is 4.79 Å². The molecule has 0 aliphatic carbocycles. The van der Waals surface area contributed by atoms with E-state index < -0.39 is 0 Å². The van der Waals surface area contributed by atoms with Crippen molar-refractivity contribution in [2.75, 3.05) is 20.2 Å². The molecule has 12 heavy (non-hydrogen) atoms. The molecule has 0 atom stereocenters. The van der Waals surface area contributed by atoms with Gasteiger partial charge in [-0.1, -0.05) is 19.4 Å². The molecule has 1 heterocycles. The molecule has 3 heteroatoms. The van der Waals surface area contributed by atoms with Gasteiger partial charge in [0.05, 0.1) is 7.11 Å². The molecule has 0 aromatic rings. The van der Waals surface area contributed by atoms with E-state index >= 15 is 0 Å². The van der Waals surface area contributed by atoms with Crippen LogP contribution < -0.4 is 0 Å². The molecule has 1 rings (SSSR count). The van der Waals surface area contributed by atoms with E-state index in [1.807, 2.05) is 11.0 Å². The highest BCUT2D eigenvalue weighted by Gasteiger charge is 2.25. The second kappa shape index (κ2) is 4.14. The SMILES string of the molecule is CCCC=C(C(=O)OC)N1CC1. The van der Waals surface area contributed by atoms with E-state index in [0.29, 0.717) is 0 Å². The first kappa shape index (κ1) is 9.10. The number of methoxy groups -OCH3 is 1. The summed E-state index contributed by atoms with van der Waals surface area (Å²) in [6, 6.07) is 0. The van der Waals surface area contributed by atoms with E-state index in [2.05, 4.69) is 11.7 Å². The zero-order valence-corrected chi connectivity index (χ0v) is 7.67. The summed E-state index contributed by atoms with van der Waals surface area (Å²) < 4.78 is 4.66. The van der Waals surface area contributed by atoms with E-state index in [0.717, 1.165) is 31.6 Å². The van der Waals surface area contributed by atoms with Crippen molar-refractivity contribution in [2.24, 2.45) is 0 Å². The zero-order valence-electron chi connectivity index (χ0n) is 7.67. The number of hydrogen-bond donors (Lipinski definition) is 0. The van der Waals surface area contributed by atoms with Crippen LogP contribution in [0.2, 0.25) is 0 Å². The highest BCUT2D eigenvalue weighted by Crippen LogP contribution is 2.16. The zero-order chi connectivity index (χ0) is 8.97. The predicted molar refractivity (Wildman–Crippen MR) is 46.6 cm³/mol. The maximum Gasteiger partial charge on any atom is 0.353 e. The Morgan fingerprint density at radius 2 is 2.25 bits per heavy atom. The van der Waals surface area contributed by atoms with Crippen molar-refractivity contribution in [3.63, 3.8) is 0 Å². The summed E-state index contributed by atoms with van der Waals surface area (Å²) in [5, 5.41) is 0. The van der Waals surface area contributed by atoms with E-state index in [4.69, 9.17) is 0 Å². The molecule has 0 unspecified atom stereocenters. The number of allylic oxidation sites excluding steroid dienone is 1. The third kappa shape index (κ3) is 2.26. The lowest BCUT2D eigenvalue weighted by molar-refractivity contribution is -0.137. The van der Waals surface area contributed by atoms with Gasteiger partial charge in [0, 0.05) is 13.1 Å². The minimum Gasteiger partial charge on any atom is -0.464 e. The number of rotatable bonds is 4. The molecular formula is C9H15NO2. The van der Waals surface area contributed by atoms with Gasteiger partial charge in [-0.15, -0.1) is 0 Å². The highest BCUT2D eigenvalue weighted by atomic mass is 16.5. The number of esters is 1. The minimum absolute atomic E-state index is 0.207. The third-order valence-corrected chi connectivity index (χ3v) is 1.81. The molecule has 1 aliphatic rings. The van der Waals surface area contributed by atoms with Crippen molar-refractivity contribution in [3.8, 4) is 0 Å². The van der Waals surface area contributed by atoms with Gasteiger partial charge in [0.15, 0.2) is 0 Å². The van der Waals surface area contributed by atoms with Crippen molar-refractivity contribution in [1.82, 2.24) is 4.90 Å². The minimum atomic E-state index is -0.207. The highest BCUT2D eigenvalue weighted by molar-refractivity contribution is 5.88. The summed E-state index contributed by atoms with van der Waals surface area (Å²) in [5.74, 6) is -0.207. The van der Waals surface area contributed by atoms with Crippen LogP contribution in [0, 0.1) is 0 Å². The lowest BCUT2D eigenvalue weighted by Gasteiger charge is -2.05. The van der Waals surface area contributed by atoms with Gasteiger partial charge in [0.2, 0.25) is 0 Å². The van der Waals surface area contributed by atoms with Crippen molar-refractivity contribution >= 4 is 5.97 Å². The topological polar surface area (TPSA) is 29.3 Å². The summed E-state index contributed by atoms with van der Waals surface area (Å²) >= 11 is 0. The Labute approximate surface area is 73.0 Å². The molecule has 0 aromatic carbocycles. The standard InChI is InChI=1S/C9H15NO2/c1-3-4-5-8(9(11)12-2)10-6-7-10/h5H,3-4,6-7H2,1-2H3. The van der Waals surface area contributed by atoms with Crippen LogP contribution in [-0.2, 0) is 9.53 Å². The van der Waals surface area contributed by atoms with Gasteiger partial charge in [-0.2, -0.15) is 0 Å². The van der Waals surface area contributed by atoms with Crippen molar-refractivity contribution in [3.05, 3.63) is 11.8 Å². The third-order valence-electron chi connectivity index (χ3n) is 1.81. The molecule has 68 valence electrons. The average Bonchev–Trinajstić information content (AvgIpc) is 2.88. The Balaban J connectivity index is 2.53. The maximum absolute atomic E-state index is 11.2. The first-order chi connectivity index (χ1) is 5.79. The van der Waals surface area contributed by atoms with Crippen LogP contribution in [0.25, 0.3) is 0 Å². The van der Waals surface area contributed by atoms with Gasteiger partial charge in [-0.25, -0.2) is 4.79 Å². The van der Waals surface area contributed by atoms with Gasteiger partial charge < -0.3 is 9.64 Å². The monoisotopic (exact) mass is 169 g/mol. The lowest BCUT2D eigenvalue weighted by atomic mass is 10.3. The second-order valence-electron chi connectivity index (χ2n) is 2.86. The molecule has 0 bridgehead atoms. The molecule has 1 aliphatic heterocycles. The molecule has 0 aromatic heterocycles. The van der Waals surface area contributed by atoms with Gasteiger partial charge >= 0.3 is 5.97 Å². The summed E-state index contributed by atoms with van der Waals surface area (Å²) in [6.07, 6.45) is 3.97. The first-order valence-corrected chi connectivity index (χ1v) is 4.33. The molecular weight excluding hydrogens is 154 g/mol. The largest absolute Gasteiger partial charge is 0.464 e. The van der Waals surface area contributed by atoms with Crippen LogP contribution >= 0.6 is 0 Å². The molecule has 0 saturated carbocycles. The lowest BCUT2D eigenvalue weighted by Crippen LogP contribution is -2.12. The number of hydrogen-bond acceptors (Lipinski definition) is 3. The summed E-state index contributed by atoms with van der Waals surface area (Å²) in [7, 11) is 1.42. The number of unbranched alkanes of at least 4 members (excludes halogenated alkanes) is 1. The van der Waals surface area contributed by atoms with E-state index in [-0.39, 0.29) is 5.97 Å². The number of nitrogens with zero attached hydrogens (tertiary/aromatic N) is 1. The van der Waals surface area contributed by atoms with Gasteiger partial charge in [0.25, 0.3) is 0 Å².